The molecular formula is C20H21F3N2O2. The Labute approximate surface area is 156 Å². The third-order valence-corrected chi connectivity index (χ3v) is 4.19. The van der Waals surface area contributed by atoms with Gasteiger partial charge in [0.1, 0.15) is 0 Å². The number of carbonyl (C=O) groups excluding carboxylic acids is 2. The molecule has 2 amide bonds. The highest BCUT2D eigenvalue weighted by Crippen LogP contribution is 2.24. The molecule has 0 unspecified atom stereocenters. The Kier molecular flexibility index (Phi) is 6.98. The summed E-state index contributed by atoms with van der Waals surface area (Å²) in [6.07, 6.45) is -0.0707. The molecule has 0 radical (unpaired) electrons. The Hall–Kier alpha value is -2.83. The van der Waals surface area contributed by atoms with Gasteiger partial charge in [0.25, 0.3) is 0 Å². The van der Waals surface area contributed by atoms with Gasteiger partial charge < -0.3 is 9.80 Å². The van der Waals surface area contributed by atoms with Crippen LogP contribution in [0.25, 0.3) is 0 Å². The minimum atomic E-state index is -1.65. The molecule has 0 spiro atoms. The molecule has 7 heteroatoms. The van der Waals surface area contributed by atoms with E-state index < -0.39 is 23.4 Å². The van der Waals surface area contributed by atoms with E-state index in [1.807, 2.05) is 37.3 Å². The molecule has 2 aromatic carbocycles. The summed E-state index contributed by atoms with van der Waals surface area (Å²) in [7, 11) is 0. The molecule has 0 heterocycles. The van der Waals surface area contributed by atoms with E-state index in [0.29, 0.717) is 13.1 Å². The van der Waals surface area contributed by atoms with Crippen LogP contribution in [0, 0.1) is 17.5 Å². The van der Waals surface area contributed by atoms with Crippen LogP contribution in [0.15, 0.2) is 42.5 Å². The lowest BCUT2D eigenvalue weighted by molar-refractivity contribution is -0.131. The normalized spacial score (nSPS) is 10.6. The monoisotopic (exact) mass is 378 g/mol. The van der Waals surface area contributed by atoms with Crippen molar-refractivity contribution in [3.63, 3.8) is 0 Å². The largest absolute Gasteiger partial charge is 0.339 e. The quantitative estimate of drug-likeness (QED) is 0.686. The van der Waals surface area contributed by atoms with Crippen molar-refractivity contribution >= 4 is 17.5 Å². The van der Waals surface area contributed by atoms with Crippen molar-refractivity contribution in [1.82, 2.24) is 4.90 Å². The highest BCUT2D eigenvalue weighted by Gasteiger charge is 2.22. The fourth-order valence-electron chi connectivity index (χ4n) is 2.72. The third-order valence-electron chi connectivity index (χ3n) is 4.19. The summed E-state index contributed by atoms with van der Waals surface area (Å²) < 4.78 is 40.6. The number of rotatable bonds is 7. The van der Waals surface area contributed by atoms with Gasteiger partial charge in [-0.2, -0.15) is 0 Å². The molecule has 0 atom stereocenters. The average molecular weight is 378 g/mol. The second-order valence-corrected chi connectivity index (χ2v) is 6.01. The maximum Gasteiger partial charge on any atom is 0.224 e. The summed E-state index contributed by atoms with van der Waals surface area (Å²) in [4.78, 5) is 26.9. The van der Waals surface area contributed by atoms with Crippen molar-refractivity contribution in [3.05, 3.63) is 65.5 Å². The van der Waals surface area contributed by atoms with Gasteiger partial charge in [-0.25, -0.2) is 13.2 Å². The molecule has 0 N–H and O–H groups in total. The molecule has 0 bridgehead atoms. The van der Waals surface area contributed by atoms with E-state index in [9.17, 15) is 22.8 Å². The van der Waals surface area contributed by atoms with Gasteiger partial charge in [-0.3, -0.25) is 9.59 Å². The molecule has 0 aliphatic heterocycles. The van der Waals surface area contributed by atoms with Crippen LogP contribution < -0.4 is 4.90 Å². The lowest BCUT2D eigenvalue weighted by Crippen LogP contribution is -2.36. The SMILES string of the molecule is CCN(Cc1ccccc1)C(=O)CCN(C(C)=O)c1ccc(F)c(F)c1F. The second kappa shape index (κ2) is 9.21. The Morgan fingerprint density at radius 3 is 2.22 bits per heavy atom. The van der Waals surface area contributed by atoms with Gasteiger partial charge in [0.2, 0.25) is 11.8 Å². The molecular weight excluding hydrogens is 357 g/mol. The molecule has 0 saturated heterocycles. The van der Waals surface area contributed by atoms with Crippen molar-refractivity contribution in [1.29, 1.82) is 0 Å². The zero-order valence-electron chi connectivity index (χ0n) is 15.2. The zero-order chi connectivity index (χ0) is 20.0. The summed E-state index contributed by atoms with van der Waals surface area (Å²) in [6.45, 7) is 3.75. The van der Waals surface area contributed by atoms with E-state index in [1.54, 1.807) is 4.90 Å². The molecule has 0 aliphatic carbocycles. The summed E-state index contributed by atoms with van der Waals surface area (Å²) in [6, 6.07) is 11.2. The summed E-state index contributed by atoms with van der Waals surface area (Å²) in [5.41, 5.74) is 0.572. The number of amides is 2. The molecule has 4 nitrogen and oxygen atoms in total. The first-order valence-corrected chi connectivity index (χ1v) is 8.58. The summed E-state index contributed by atoms with van der Waals surface area (Å²) >= 11 is 0. The number of anilines is 1. The number of hydrogen-bond donors (Lipinski definition) is 0. The Bertz CT molecular complexity index is 812. The Morgan fingerprint density at radius 1 is 0.963 bits per heavy atom. The maximum atomic E-state index is 14.0. The van der Waals surface area contributed by atoms with E-state index >= 15 is 0 Å². The summed E-state index contributed by atoms with van der Waals surface area (Å²) in [5.74, 6) is -5.23. The highest BCUT2D eigenvalue weighted by atomic mass is 19.2. The number of halogens is 3. The molecule has 27 heavy (non-hydrogen) atoms. The standard InChI is InChI=1S/C20H21F3N2O2/c1-3-24(13-15-7-5-4-6-8-15)18(27)11-12-25(14(2)26)17-10-9-16(21)19(22)20(17)23/h4-10H,3,11-13H2,1-2H3. The fraction of sp³-hybridized carbons (Fsp3) is 0.300. The van der Waals surface area contributed by atoms with Gasteiger partial charge in [-0.05, 0) is 24.6 Å². The van der Waals surface area contributed by atoms with E-state index in [4.69, 9.17) is 0 Å². The topological polar surface area (TPSA) is 40.6 Å². The molecule has 0 aliphatic rings. The third kappa shape index (κ3) is 5.09. The molecule has 0 aromatic heterocycles. The predicted octanol–water partition coefficient (Wildman–Crippen LogP) is 3.90. The molecule has 144 valence electrons. The van der Waals surface area contributed by atoms with Crippen molar-refractivity contribution < 1.29 is 22.8 Å². The number of hydrogen-bond acceptors (Lipinski definition) is 2. The van der Waals surface area contributed by atoms with Crippen molar-refractivity contribution in [3.8, 4) is 0 Å². The van der Waals surface area contributed by atoms with Crippen LogP contribution in [0.3, 0.4) is 0 Å². The lowest BCUT2D eigenvalue weighted by atomic mass is 10.2. The maximum absolute atomic E-state index is 14.0. The van der Waals surface area contributed by atoms with E-state index in [-0.39, 0.29) is 24.6 Å². The van der Waals surface area contributed by atoms with Crippen molar-refractivity contribution in [2.45, 2.75) is 26.8 Å². The molecule has 0 saturated carbocycles. The van der Waals surface area contributed by atoms with E-state index in [0.717, 1.165) is 22.6 Å². The lowest BCUT2D eigenvalue weighted by Gasteiger charge is -2.25. The van der Waals surface area contributed by atoms with Gasteiger partial charge >= 0.3 is 0 Å². The molecule has 2 aromatic rings. The Morgan fingerprint density at radius 2 is 1.63 bits per heavy atom. The van der Waals surface area contributed by atoms with Gasteiger partial charge in [-0.15, -0.1) is 0 Å². The first-order valence-electron chi connectivity index (χ1n) is 8.58. The minimum absolute atomic E-state index is 0.0707. The molecule has 0 fully saturated rings. The first kappa shape index (κ1) is 20.5. The van der Waals surface area contributed by atoms with Crippen LogP contribution >= 0.6 is 0 Å². The number of nitrogens with zero attached hydrogens (tertiary/aromatic N) is 2. The smallest absolute Gasteiger partial charge is 0.224 e. The number of benzene rings is 2. The first-order chi connectivity index (χ1) is 12.8. The van der Waals surface area contributed by atoms with Gasteiger partial charge in [0, 0.05) is 33.0 Å². The van der Waals surface area contributed by atoms with Crippen LogP contribution in [-0.4, -0.2) is 29.8 Å². The van der Waals surface area contributed by atoms with E-state index in [1.165, 1.54) is 6.92 Å². The minimum Gasteiger partial charge on any atom is -0.339 e. The van der Waals surface area contributed by atoms with Crippen LogP contribution in [0.2, 0.25) is 0 Å². The fourth-order valence-corrected chi connectivity index (χ4v) is 2.72. The summed E-state index contributed by atoms with van der Waals surface area (Å²) in [5, 5.41) is 0. The van der Waals surface area contributed by atoms with Crippen LogP contribution in [-0.2, 0) is 16.1 Å². The predicted molar refractivity (Wildman–Crippen MR) is 96.5 cm³/mol. The second-order valence-electron chi connectivity index (χ2n) is 6.01. The van der Waals surface area contributed by atoms with Crippen molar-refractivity contribution in [2.75, 3.05) is 18.0 Å². The van der Waals surface area contributed by atoms with Crippen LogP contribution in [0.4, 0.5) is 18.9 Å². The zero-order valence-corrected chi connectivity index (χ0v) is 15.2. The van der Waals surface area contributed by atoms with E-state index in [2.05, 4.69) is 0 Å². The van der Waals surface area contributed by atoms with Crippen molar-refractivity contribution in [2.24, 2.45) is 0 Å². The van der Waals surface area contributed by atoms with Gasteiger partial charge in [0.05, 0.1) is 5.69 Å². The van der Waals surface area contributed by atoms with Crippen LogP contribution in [0.5, 0.6) is 0 Å². The van der Waals surface area contributed by atoms with Gasteiger partial charge in [-0.1, -0.05) is 30.3 Å². The Balaban J connectivity index is 2.10. The molecule has 2 rings (SSSR count). The van der Waals surface area contributed by atoms with Crippen LogP contribution in [0.1, 0.15) is 25.8 Å². The van der Waals surface area contributed by atoms with Gasteiger partial charge in [0.15, 0.2) is 17.5 Å². The number of carbonyl (C=O) groups is 2. The highest BCUT2D eigenvalue weighted by molar-refractivity contribution is 5.92. The average Bonchev–Trinajstić information content (AvgIpc) is 2.66.